The fourth-order valence-corrected chi connectivity index (χ4v) is 3.95. The van der Waals surface area contributed by atoms with E-state index in [0.29, 0.717) is 6.04 Å². The number of amides is 1. The Morgan fingerprint density at radius 2 is 2.07 bits per heavy atom. The predicted molar refractivity (Wildman–Crippen MR) is 111 cm³/mol. The third kappa shape index (κ3) is 3.94. The summed E-state index contributed by atoms with van der Waals surface area (Å²) in [5.74, 6) is 0.784. The maximum atomic E-state index is 12.8. The SMILES string of the molecule is Cc1ccc(C)c(NC(=O)[C@H](C)Sc2nnc(-c3cccnc3)n2C2CC2)c1. The third-order valence-corrected chi connectivity index (χ3v) is 5.86. The summed E-state index contributed by atoms with van der Waals surface area (Å²) in [6.45, 7) is 5.92. The number of carbonyl (C=O) groups is 1. The summed E-state index contributed by atoms with van der Waals surface area (Å²) in [4.78, 5) is 16.9. The number of benzene rings is 1. The van der Waals surface area contributed by atoms with Crippen LogP contribution in [0.15, 0.2) is 47.9 Å². The van der Waals surface area contributed by atoms with Gasteiger partial charge in [-0.1, -0.05) is 23.9 Å². The molecule has 1 fully saturated rings. The molecule has 1 aromatic carbocycles. The Morgan fingerprint density at radius 3 is 2.79 bits per heavy atom. The van der Waals surface area contributed by atoms with Crippen LogP contribution < -0.4 is 5.32 Å². The highest BCUT2D eigenvalue weighted by Crippen LogP contribution is 2.41. The molecule has 4 rings (SSSR count). The van der Waals surface area contributed by atoms with Gasteiger partial charge in [-0.15, -0.1) is 10.2 Å². The van der Waals surface area contributed by atoms with Crippen LogP contribution in [0.25, 0.3) is 11.4 Å². The molecular weight excluding hydrogens is 370 g/mol. The van der Waals surface area contributed by atoms with E-state index in [1.54, 1.807) is 12.4 Å². The van der Waals surface area contributed by atoms with Gasteiger partial charge in [0, 0.05) is 29.7 Å². The lowest BCUT2D eigenvalue weighted by Crippen LogP contribution is -2.23. The first-order valence-electron chi connectivity index (χ1n) is 9.43. The van der Waals surface area contributed by atoms with Crippen molar-refractivity contribution < 1.29 is 4.79 Å². The van der Waals surface area contributed by atoms with Gasteiger partial charge in [-0.05, 0) is 62.9 Å². The number of anilines is 1. The minimum Gasteiger partial charge on any atom is -0.325 e. The van der Waals surface area contributed by atoms with Crippen LogP contribution in [0.1, 0.15) is 36.9 Å². The Bertz CT molecular complexity index is 997. The lowest BCUT2D eigenvalue weighted by Gasteiger charge is -2.15. The van der Waals surface area contributed by atoms with Crippen molar-refractivity contribution in [1.82, 2.24) is 19.7 Å². The van der Waals surface area contributed by atoms with Crippen LogP contribution in [0, 0.1) is 13.8 Å². The molecule has 1 amide bonds. The highest BCUT2D eigenvalue weighted by Gasteiger charge is 2.31. The molecule has 6 nitrogen and oxygen atoms in total. The van der Waals surface area contributed by atoms with Crippen LogP contribution in [0.3, 0.4) is 0 Å². The van der Waals surface area contributed by atoms with Crippen molar-refractivity contribution >= 4 is 23.4 Å². The Labute approximate surface area is 168 Å². The van der Waals surface area contributed by atoms with E-state index >= 15 is 0 Å². The van der Waals surface area contributed by atoms with E-state index in [2.05, 4.69) is 25.1 Å². The molecule has 1 aliphatic carbocycles. The van der Waals surface area contributed by atoms with Gasteiger partial charge in [-0.2, -0.15) is 0 Å². The van der Waals surface area contributed by atoms with E-state index in [9.17, 15) is 4.79 Å². The topological polar surface area (TPSA) is 72.7 Å². The number of rotatable bonds is 6. The zero-order valence-corrected chi connectivity index (χ0v) is 17.0. The highest BCUT2D eigenvalue weighted by atomic mass is 32.2. The number of nitrogens with zero attached hydrogens (tertiary/aromatic N) is 4. The van der Waals surface area contributed by atoms with Gasteiger partial charge >= 0.3 is 0 Å². The van der Waals surface area contributed by atoms with E-state index in [-0.39, 0.29) is 11.2 Å². The Balaban J connectivity index is 1.53. The molecule has 2 aromatic heterocycles. The Kier molecular flexibility index (Phi) is 5.17. The zero-order chi connectivity index (χ0) is 19.7. The van der Waals surface area contributed by atoms with Crippen LogP contribution in [0.4, 0.5) is 5.69 Å². The first kappa shape index (κ1) is 18.7. The summed E-state index contributed by atoms with van der Waals surface area (Å²) < 4.78 is 2.16. The number of aromatic nitrogens is 4. The maximum Gasteiger partial charge on any atom is 0.237 e. The fraction of sp³-hybridized carbons (Fsp3) is 0.333. The predicted octanol–water partition coefficient (Wildman–Crippen LogP) is 4.41. The van der Waals surface area contributed by atoms with Crippen molar-refractivity contribution in [3.8, 4) is 11.4 Å². The minimum atomic E-state index is -0.289. The standard InChI is InChI=1S/C21H23N5OS/c1-13-6-7-14(2)18(11-13)23-20(27)15(3)28-21-25-24-19(26(21)17-8-9-17)16-5-4-10-22-12-16/h4-7,10-12,15,17H,8-9H2,1-3H3,(H,23,27)/t15-/m0/s1. The lowest BCUT2D eigenvalue weighted by molar-refractivity contribution is -0.115. The minimum absolute atomic E-state index is 0.0352. The van der Waals surface area contributed by atoms with Crippen LogP contribution in [0.2, 0.25) is 0 Å². The molecule has 1 atom stereocenters. The van der Waals surface area contributed by atoms with Gasteiger partial charge in [0.1, 0.15) is 0 Å². The summed E-state index contributed by atoms with van der Waals surface area (Å²) in [6.07, 6.45) is 5.77. The van der Waals surface area contributed by atoms with Gasteiger partial charge in [0.2, 0.25) is 5.91 Å². The van der Waals surface area contributed by atoms with E-state index in [1.807, 2.05) is 51.1 Å². The van der Waals surface area contributed by atoms with E-state index in [1.165, 1.54) is 11.8 Å². The number of carbonyl (C=O) groups excluding carboxylic acids is 1. The largest absolute Gasteiger partial charge is 0.325 e. The van der Waals surface area contributed by atoms with Crippen LogP contribution in [-0.2, 0) is 4.79 Å². The Hall–Kier alpha value is -2.67. The molecule has 2 heterocycles. The van der Waals surface area contributed by atoms with Gasteiger partial charge < -0.3 is 5.32 Å². The van der Waals surface area contributed by atoms with Gasteiger partial charge in [0.25, 0.3) is 0 Å². The molecule has 7 heteroatoms. The summed E-state index contributed by atoms with van der Waals surface area (Å²) >= 11 is 1.45. The van der Waals surface area contributed by atoms with E-state index in [0.717, 1.165) is 46.2 Å². The second-order valence-electron chi connectivity index (χ2n) is 7.22. The first-order valence-corrected chi connectivity index (χ1v) is 10.3. The Morgan fingerprint density at radius 1 is 1.25 bits per heavy atom. The quantitative estimate of drug-likeness (QED) is 0.628. The summed E-state index contributed by atoms with van der Waals surface area (Å²) in [6, 6.07) is 10.4. The zero-order valence-electron chi connectivity index (χ0n) is 16.2. The van der Waals surface area contributed by atoms with Crippen LogP contribution in [-0.4, -0.2) is 30.9 Å². The second-order valence-corrected chi connectivity index (χ2v) is 8.52. The average Bonchev–Trinajstić information content (AvgIpc) is 3.45. The molecule has 0 radical (unpaired) electrons. The van der Waals surface area contributed by atoms with Crippen molar-refractivity contribution in [2.45, 2.75) is 50.1 Å². The molecule has 0 bridgehead atoms. The van der Waals surface area contributed by atoms with Crippen molar-refractivity contribution in [2.24, 2.45) is 0 Å². The van der Waals surface area contributed by atoms with Gasteiger partial charge in [-0.3, -0.25) is 14.3 Å². The van der Waals surface area contributed by atoms with Gasteiger partial charge in [0.15, 0.2) is 11.0 Å². The number of hydrogen-bond acceptors (Lipinski definition) is 5. The lowest BCUT2D eigenvalue weighted by atomic mass is 10.1. The maximum absolute atomic E-state index is 12.8. The monoisotopic (exact) mass is 393 g/mol. The molecule has 0 unspecified atom stereocenters. The van der Waals surface area contributed by atoms with Gasteiger partial charge in [-0.25, -0.2) is 0 Å². The number of thioether (sulfide) groups is 1. The molecule has 0 aliphatic heterocycles. The fourth-order valence-electron chi connectivity index (χ4n) is 3.03. The van der Waals surface area contributed by atoms with Crippen LogP contribution in [0.5, 0.6) is 0 Å². The molecular formula is C21H23N5OS. The number of nitrogens with one attached hydrogen (secondary N) is 1. The summed E-state index contributed by atoms with van der Waals surface area (Å²) in [5, 5.41) is 12.3. The molecule has 0 spiro atoms. The summed E-state index contributed by atoms with van der Waals surface area (Å²) in [5.41, 5.74) is 3.98. The third-order valence-electron chi connectivity index (χ3n) is 4.80. The molecule has 28 heavy (non-hydrogen) atoms. The summed E-state index contributed by atoms with van der Waals surface area (Å²) in [7, 11) is 0. The van der Waals surface area contributed by atoms with E-state index < -0.39 is 0 Å². The number of hydrogen-bond donors (Lipinski definition) is 1. The molecule has 0 saturated heterocycles. The van der Waals surface area contributed by atoms with Crippen molar-refractivity contribution in [3.63, 3.8) is 0 Å². The van der Waals surface area contributed by atoms with E-state index in [4.69, 9.17) is 0 Å². The van der Waals surface area contributed by atoms with Crippen molar-refractivity contribution in [1.29, 1.82) is 0 Å². The number of pyridine rings is 1. The molecule has 1 aliphatic rings. The van der Waals surface area contributed by atoms with Crippen molar-refractivity contribution in [2.75, 3.05) is 5.32 Å². The second kappa shape index (κ2) is 7.75. The first-order chi connectivity index (χ1) is 13.5. The molecule has 1 N–H and O–H groups in total. The number of aryl methyl sites for hydroxylation is 2. The van der Waals surface area contributed by atoms with Crippen LogP contribution >= 0.6 is 11.8 Å². The molecule has 144 valence electrons. The molecule has 3 aromatic rings. The smallest absolute Gasteiger partial charge is 0.237 e. The van der Waals surface area contributed by atoms with Gasteiger partial charge in [0.05, 0.1) is 5.25 Å². The van der Waals surface area contributed by atoms with Crippen molar-refractivity contribution in [3.05, 3.63) is 53.9 Å². The highest BCUT2D eigenvalue weighted by molar-refractivity contribution is 8.00. The average molecular weight is 394 g/mol. The normalized spacial score (nSPS) is 14.7. The molecule has 1 saturated carbocycles.